The lowest BCUT2D eigenvalue weighted by atomic mass is 10.0. The van der Waals surface area contributed by atoms with Crippen LogP contribution in [0.3, 0.4) is 0 Å². The van der Waals surface area contributed by atoms with Crippen LogP contribution in [0.25, 0.3) is 35.4 Å². The van der Waals surface area contributed by atoms with Gasteiger partial charge in [0.1, 0.15) is 11.5 Å². The highest BCUT2D eigenvalue weighted by Gasteiger charge is 2.08. The number of unbranched alkanes of at least 4 members (excludes halogenated alkanes) is 2. The number of ether oxygens (including phenoxy) is 2. The van der Waals surface area contributed by atoms with E-state index in [2.05, 4.69) is 149 Å². The molecule has 0 heterocycles. The van der Waals surface area contributed by atoms with Crippen molar-refractivity contribution in [1.29, 1.82) is 0 Å². The molecular weight excluding hydrogens is 560 g/mol. The van der Waals surface area contributed by atoms with Crippen molar-refractivity contribution < 1.29 is 9.47 Å². The van der Waals surface area contributed by atoms with Gasteiger partial charge in [-0.15, -0.1) is 0 Å². The molecule has 0 saturated carbocycles. The zero-order valence-corrected chi connectivity index (χ0v) is 28.6. The van der Waals surface area contributed by atoms with Gasteiger partial charge < -0.3 is 9.47 Å². The van der Waals surface area contributed by atoms with E-state index in [1.54, 1.807) is 0 Å². The summed E-state index contributed by atoms with van der Waals surface area (Å²) in [4.78, 5) is 0. The van der Waals surface area contributed by atoms with Crippen LogP contribution in [0.2, 0.25) is 0 Å². The van der Waals surface area contributed by atoms with E-state index in [-0.39, 0.29) is 0 Å². The van der Waals surface area contributed by atoms with E-state index in [9.17, 15) is 0 Å². The maximum absolute atomic E-state index is 6.15. The Morgan fingerprint density at radius 2 is 0.870 bits per heavy atom. The van der Waals surface area contributed by atoms with Crippen LogP contribution in [0.1, 0.15) is 101 Å². The van der Waals surface area contributed by atoms with E-state index in [0.717, 1.165) is 35.8 Å². The first-order chi connectivity index (χ1) is 22.6. The van der Waals surface area contributed by atoms with Crippen LogP contribution in [-0.2, 0) is 0 Å². The highest BCUT2D eigenvalue weighted by molar-refractivity contribution is 5.74. The summed E-state index contributed by atoms with van der Waals surface area (Å²) in [6, 6.07) is 34.3. The summed E-state index contributed by atoms with van der Waals surface area (Å²) in [5.41, 5.74) is 7.09. The average molecular weight is 615 g/mol. The van der Waals surface area contributed by atoms with E-state index in [1.807, 2.05) is 0 Å². The maximum Gasteiger partial charge on any atom is 0.119 e. The van der Waals surface area contributed by atoms with Crippen molar-refractivity contribution in [3.05, 3.63) is 119 Å². The first-order valence-corrected chi connectivity index (χ1v) is 17.6. The van der Waals surface area contributed by atoms with Crippen molar-refractivity contribution in [1.82, 2.24) is 0 Å². The normalized spacial score (nSPS) is 12.9. The van der Waals surface area contributed by atoms with Gasteiger partial charge >= 0.3 is 0 Å². The van der Waals surface area contributed by atoms with E-state index in [4.69, 9.17) is 9.47 Å². The van der Waals surface area contributed by atoms with Crippen LogP contribution in [0.5, 0.6) is 11.5 Å². The summed E-state index contributed by atoms with van der Waals surface area (Å²) in [7, 11) is 0. The van der Waals surface area contributed by atoms with Gasteiger partial charge in [0.05, 0.1) is 13.2 Å². The summed E-state index contributed by atoms with van der Waals surface area (Å²) in [5.74, 6) is 3.16. The van der Waals surface area contributed by atoms with Crippen LogP contribution >= 0.6 is 0 Å². The van der Waals surface area contributed by atoms with Crippen molar-refractivity contribution in [3.63, 3.8) is 0 Å². The highest BCUT2D eigenvalue weighted by atomic mass is 16.5. The molecular formula is C44H54O2. The smallest absolute Gasteiger partial charge is 0.119 e. The molecule has 2 unspecified atom stereocenters. The third-order valence-electron chi connectivity index (χ3n) is 8.87. The van der Waals surface area contributed by atoms with E-state index in [1.165, 1.54) is 73.6 Å². The molecule has 2 atom stereocenters. The molecule has 4 aromatic carbocycles. The van der Waals surface area contributed by atoms with Gasteiger partial charge in [-0.1, -0.05) is 163 Å². The molecule has 4 rings (SSSR count). The molecule has 0 saturated heterocycles. The van der Waals surface area contributed by atoms with Gasteiger partial charge in [-0.2, -0.15) is 0 Å². The average Bonchev–Trinajstić information content (AvgIpc) is 3.11. The van der Waals surface area contributed by atoms with E-state index < -0.39 is 0 Å². The molecule has 2 nitrogen and oxygen atoms in total. The molecule has 0 N–H and O–H groups in total. The van der Waals surface area contributed by atoms with Crippen LogP contribution in [-0.4, -0.2) is 13.2 Å². The van der Waals surface area contributed by atoms with Gasteiger partial charge in [0.2, 0.25) is 0 Å². The summed E-state index contributed by atoms with van der Waals surface area (Å²) in [5, 5.41) is 0. The van der Waals surface area contributed by atoms with Gasteiger partial charge in [-0.3, -0.25) is 0 Å². The fourth-order valence-corrected chi connectivity index (χ4v) is 5.60. The molecule has 2 heteroatoms. The van der Waals surface area contributed by atoms with Crippen molar-refractivity contribution in [2.45, 2.75) is 79.1 Å². The fraction of sp³-hybridized carbons (Fsp3) is 0.364. The lowest BCUT2D eigenvalue weighted by Gasteiger charge is -2.15. The highest BCUT2D eigenvalue weighted by Crippen LogP contribution is 2.24. The minimum atomic E-state index is 0.632. The fourth-order valence-electron chi connectivity index (χ4n) is 5.60. The van der Waals surface area contributed by atoms with Crippen LogP contribution in [0, 0.1) is 11.8 Å². The van der Waals surface area contributed by atoms with Crippen molar-refractivity contribution in [3.8, 4) is 22.6 Å². The zero-order valence-electron chi connectivity index (χ0n) is 28.6. The molecule has 0 aliphatic carbocycles. The van der Waals surface area contributed by atoms with Gasteiger partial charge in [-0.05, 0) is 82.3 Å². The number of hydrogen-bond donors (Lipinski definition) is 0. The number of hydrogen-bond acceptors (Lipinski definition) is 2. The molecule has 0 aliphatic rings. The molecule has 0 aliphatic heterocycles. The third-order valence-corrected chi connectivity index (χ3v) is 8.87. The Labute approximate surface area is 279 Å². The zero-order chi connectivity index (χ0) is 32.4. The third kappa shape index (κ3) is 11.7. The Hall–Kier alpha value is -4.04. The number of rotatable bonds is 19. The second kappa shape index (κ2) is 19.5. The number of benzene rings is 4. The first kappa shape index (κ1) is 34.8. The van der Waals surface area contributed by atoms with Crippen molar-refractivity contribution in [2.75, 3.05) is 13.2 Å². The topological polar surface area (TPSA) is 18.5 Å². The lowest BCUT2D eigenvalue weighted by Crippen LogP contribution is -2.11. The van der Waals surface area contributed by atoms with Gasteiger partial charge in [0.15, 0.2) is 0 Å². The quantitative estimate of drug-likeness (QED) is 0.0978. The van der Waals surface area contributed by atoms with Crippen molar-refractivity contribution >= 4 is 24.3 Å². The second-order valence-corrected chi connectivity index (χ2v) is 12.5. The molecule has 0 fully saturated rings. The molecule has 46 heavy (non-hydrogen) atoms. The monoisotopic (exact) mass is 614 g/mol. The first-order valence-electron chi connectivity index (χ1n) is 17.6. The van der Waals surface area contributed by atoms with Crippen molar-refractivity contribution in [2.24, 2.45) is 11.8 Å². The summed E-state index contributed by atoms with van der Waals surface area (Å²) < 4.78 is 12.3. The van der Waals surface area contributed by atoms with Gasteiger partial charge in [-0.25, -0.2) is 0 Å². The SMILES string of the molecule is CCCCC(CC)COc1cccc(/C=C/c2ccc(-c3ccc(/C=C/c4cccc(OCC(CC)CCCC)c4)cc3)cc2)c1. The Bertz CT molecular complexity index is 1360. The molecule has 242 valence electrons. The Kier molecular flexibility index (Phi) is 14.7. The Morgan fingerprint density at radius 3 is 1.24 bits per heavy atom. The minimum absolute atomic E-state index is 0.632. The molecule has 0 amide bonds. The van der Waals surface area contributed by atoms with Crippen LogP contribution in [0.15, 0.2) is 97.1 Å². The molecule has 4 aromatic rings. The Balaban J connectivity index is 1.30. The summed E-state index contributed by atoms with van der Waals surface area (Å²) in [6.45, 7) is 10.6. The lowest BCUT2D eigenvalue weighted by molar-refractivity contribution is 0.233. The molecule has 0 bridgehead atoms. The second-order valence-electron chi connectivity index (χ2n) is 12.5. The summed E-state index contributed by atoms with van der Waals surface area (Å²) in [6.07, 6.45) is 18.5. The van der Waals surface area contributed by atoms with E-state index in [0.29, 0.717) is 11.8 Å². The van der Waals surface area contributed by atoms with Gasteiger partial charge in [0, 0.05) is 0 Å². The van der Waals surface area contributed by atoms with Gasteiger partial charge in [0.25, 0.3) is 0 Å². The molecule has 0 aromatic heterocycles. The summed E-state index contributed by atoms with van der Waals surface area (Å²) >= 11 is 0. The van der Waals surface area contributed by atoms with E-state index >= 15 is 0 Å². The minimum Gasteiger partial charge on any atom is -0.493 e. The van der Waals surface area contributed by atoms with Crippen LogP contribution < -0.4 is 9.47 Å². The molecule has 0 radical (unpaired) electrons. The Morgan fingerprint density at radius 1 is 0.478 bits per heavy atom. The standard InChI is InChI=1S/C44H54O2/c1-5-9-13-35(7-3)33-45-43-17-11-15-39(31-43)21-19-37-23-27-41(28-24-37)42-29-25-38(26-30-42)20-22-40-16-12-18-44(32-40)46-34-36(8-4)14-10-6-2/h11-12,15-32,35-36H,5-10,13-14,33-34H2,1-4H3/b21-19+,22-20+. The maximum atomic E-state index is 6.15. The predicted octanol–water partition coefficient (Wildman–Crippen LogP) is 12.9. The van der Waals surface area contributed by atoms with Crippen LogP contribution in [0.4, 0.5) is 0 Å². The molecule has 0 spiro atoms. The predicted molar refractivity (Wildman–Crippen MR) is 200 cm³/mol. The largest absolute Gasteiger partial charge is 0.493 e.